The fraction of sp³-hybridized carbons (Fsp3) is 0.353. The third-order valence-corrected chi connectivity index (χ3v) is 4.54. The highest BCUT2D eigenvalue weighted by Gasteiger charge is 2.10. The largest absolute Gasteiger partial charge is 0.356 e. The number of rotatable bonds is 5. The Kier molecular flexibility index (Phi) is 5.81. The van der Waals surface area contributed by atoms with Crippen molar-refractivity contribution in [1.82, 2.24) is 10.2 Å². The summed E-state index contributed by atoms with van der Waals surface area (Å²) in [5, 5.41) is 5.59. The molecule has 0 bridgehead atoms. The van der Waals surface area contributed by atoms with Crippen LogP contribution in [0.3, 0.4) is 0 Å². The quantitative estimate of drug-likeness (QED) is 0.675. The van der Waals surface area contributed by atoms with Crippen LogP contribution in [0.15, 0.2) is 52.8 Å². The Bertz CT molecular complexity index is 549. The zero-order valence-corrected chi connectivity index (χ0v) is 13.7. The maximum atomic E-state index is 4.37. The molecule has 1 N–H and O–H groups in total. The predicted octanol–water partition coefficient (Wildman–Crippen LogP) is 3.56. The molecule has 0 radical (unpaired) electrons. The number of hydrogen-bond acceptors (Lipinski definition) is 2. The monoisotopic (exact) mass is 301 g/mol. The van der Waals surface area contributed by atoms with Crippen molar-refractivity contribution in [3.63, 3.8) is 0 Å². The smallest absolute Gasteiger partial charge is 0.193 e. The first-order valence-electron chi connectivity index (χ1n) is 7.20. The summed E-state index contributed by atoms with van der Waals surface area (Å²) in [5.41, 5.74) is 1.29. The Morgan fingerprint density at radius 1 is 1.24 bits per heavy atom. The lowest BCUT2D eigenvalue weighted by molar-refractivity contribution is 0.474. The van der Waals surface area contributed by atoms with E-state index in [1.54, 1.807) is 0 Å². The number of nitrogens with zero attached hydrogens (tertiary/aromatic N) is 2. The summed E-state index contributed by atoms with van der Waals surface area (Å²) >= 11 is 1.81. The molecule has 1 aromatic heterocycles. The minimum absolute atomic E-state index is 0.492. The molecule has 1 atom stereocenters. The molecule has 1 aromatic carbocycles. The number of guanidine groups is 1. The van der Waals surface area contributed by atoms with E-state index in [9.17, 15) is 0 Å². The molecule has 21 heavy (non-hydrogen) atoms. The van der Waals surface area contributed by atoms with Gasteiger partial charge in [0.25, 0.3) is 0 Å². The Balaban J connectivity index is 1.88. The van der Waals surface area contributed by atoms with Crippen molar-refractivity contribution in [2.45, 2.75) is 19.4 Å². The van der Waals surface area contributed by atoms with Gasteiger partial charge in [0.15, 0.2) is 5.96 Å². The van der Waals surface area contributed by atoms with Crippen molar-refractivity contribution in [2.24, 2.45) is 4.99 Å². The van der Waals surface area contributed by atoms with Crippen LogP contribution in [0.1, 0.15) is 23.3 Å². The van der Waals surface area contributed by atoms with Gasteiger partial charge in [-0.3, -0.25) is 4.99 Å². The fourth-order valence-corrected chi connectivity index (χ4v) is 3.02. The van der Waals surface area contributed by atoms with Crippen LogP contribution in [0, 0.1) is 0 Å². The van der Waals surface area contributed by atoms with Crippen LogP contribution >= 0.6 is 11.3 Å². The molecule has 112 valence electrons. The predicted molar refractivity (Wildman–Crippen MR) is 92.0 cm³/mol. The zero-order valence-electron chi connectivity index (χ0n) is 12.9. The molecule has 0 spiro atoms. The Morgan fingerprint density at radius 2 is 2.00 bits per heavy atom. The summed E-state index contributed by atoms with van der Waals surface area (Å²) in [6.45, 7) is 3.99. The number of hydrogen-bond donors (Lipinski definition) is 1. The summed E-state index contributed by atoms with van der Waals surface area (Å²) in [5.74, 6) is 1.43. The fourth-order valence-electron chi connectivity index (χ4n) is 2.23. The lowest BCUT2D eigenvalue weighted by Crippen LogP contribution is -2.39. The molecule has 0 aliphatic rings. The van der Waals surface area contributed by atoms with Gasteiger partial charge in [0.2, 0.25) is 0 Å². The molecule has 0 saturated heterocycles. The van der Waals surface area contributed by atoms with Gasteiger partial charge in [-0.2, -0.15) is 0 Å². The van der Waals surface area contributed by atoms with Gasteiger partial charge in [-0.1, -0.05) is 43.3 Å². The van der Waals surface area contributed by atoms with E-state index in [-0.39, 0.29) is 0 Å². The van der Waals surface area contributed by atoms with Crippen LogP contribution in [-0.4, -0.2) is 31.5 Å². The van der Waals surface area contributed by atoms with E-state index in [2.05, 4.69) is 71.0 Å². The summed E-state index contributed by atoms with van der Waals surface area (Å²) in [6, 6.07) is 14.7. The average Bonchev–Trinajstić information content (AvgIpc) is 3.03. The highest BCUT2D eigenvalue weighted by Crippen LogP contribution is 2.19. The second-order valence-corrected chi connectivity index (χ2v) is 6.17. The second-order valence-electron chi connectivity index (χ2n) is 5.19. The first kappa shape index (κ1) is 15.6. The third kappa shape index (κ3) is 4.60. The van der Waals surface area contributed by atoms with E-state index in [1.165, 1.54) is 10.4 Å². The van der Waals surface area contributed by atoms with Crippen molar-refractivity contribution in [3.8, 4) is 0 Å². The van der Waals surface area contributed by atoms with Crippen LogP contribution in [0.4, 0.5) is 0 Å². The van der Waals surface area contributed by atoms with Gasteiger partial charge in [-0.25, -0.2) is 0 Å². The molecule has 2 rings (SSSR count). The number of nitrogens with one attached hydrogen (secondary N) is 1. The minimum Gasteiger partial charge on any atom is -0.356 e. The maximum absolute atomic E-state index is 4.37. The van der Waals surface area contributed by atoms with Crippen molar-refractivity contribution in [3.05, 3.63) is 58.3 Å². The Hall–Kier alpha value is -1.81. The maximum Gasteiger partial charge on any atom is 0.193 e. The number of aliphatic imine (C=N–C) groups is 1. The van der Waals surface area contributed by atoms with E-state index in [0.717, 1.165) is 19.0 Å². The molecule has 0 aliphatic carbocycles. The van der Waals surface area contributed by atoms with E-state index in [1.807, 2.05) is 24.5 Å². The van der Waals surface area contributed by atoms with Crippen LogP contribution in [0.5, 0.6) is 0 Å². The van der Waals surface area contributed by atoms with Crippen LogP contribution in [0.2, 0.25) is 0 Å². The van der Waals surface area contributed by atoms with Crippen LogP contribution < -0.4 is 5.32 Å². The van der Waals surface area contributed by atoms with Crippen LogP contribution in [-0.2, 0) is 6.54 Å². The molecule has 0 aliphatic heterocycles. The van der Waals surface area contributed by atoms with Gasteiger partial charge in [-0.15, -0.1) is 11.3 Å². The van der Waals surface area contributed by atoms with Crippen molar-refractivity contribution >= 4 is 17.3 Å². The molecule has 1 unspecified atom stereocenters. The molecule has 2 aromatic rings. The van der Waals surface area contributed by atoms with Gasteiger partial charge in [0.1, 0.15) is 0 Å². The summed E-state index contributed by atoms with van der Waals surface area (Å²) < 4.78 is 0. The lowest BCUT2D eigenvalue weighted by Gasteiger charge is -2.23. The molecule has 0 fully saturated rings. The minimum atomic E-state index is 0.492. The van der Waals surface area contributed by atoms with Gasteiger partial charge < -0.3 is 10.2 Å². The van der Waals surface area contributed by atoms with Gasteiger partial charge in [0.05, 0.1) is 0 Å². The highest BCUT2D eigenvalue weighted by molar-refractivity contribution is 7.10. The SMILES string of the molecule is CN=C(NCC(C)c1cccs1)N(C)Cc1ccccc1. The molecule has 3 nitrogen and oxygen atoms in total. The van der Waals surface area contributed by atoms with E-state index < -0.39 is 0 Å². The molecular weight excluding hydrogens is 278 g/mol. The summed E-state index contributed by atoms with van der Waals surface area (Å²) in [4.78, 5) is 7.93. The van der Waals surface area contributed by atoms with Gasteiger partial charge in [-0.05, 0) is 17.0 Å². The standard InChI is InChI=1S/C17H23N3S/c1-14(16-10-7-11-21-16)12-19-17(18-2)20(3)13-15-8-5-4-6-9-15/h4-11,14H,12-13H2,1-3H3,(H,18,19). The topological polar surface area (TPSA) is 27.6 Å². The molecule has 1 heterocycles. The van der Waals surface area contributed by atoms with Crippen LogP contribution in [0.25, 0.3) is 0 Å². The lowest BCUT2D eigenvalue weighted by atomic mass is 10.1. The summed E-state index contributed by atoms with van der Waals surface area (Å²) in [7, 11) is 3.90. The highest BCUT2D eigenvalue weighted by atomic mass is 32.1. The summed E-state index contributed by atoms with van der Waals surface area (Å²) in [6.07, 6.45) is 0. The van der Waals surface area contributed by atoms with Crippen molar-refractivity contribution in [1.29, 1.82) is 0 Å². The Labute approximate surface area is 131 Å². The van der Waals surface area contributed by atoms with E-state index in [4.69, 9.17) is 0 Å². The molecule has 0 amide bonds. The third-order valence-electron chi connectivity index (χ3n) is 3.43. The molecule has 0 saturated carbocycles. The first-order valence-corrected chi connectivity index (χ1v) is 8.07. The number of thiophene rings is 1. The zero-order chi connectivity index (χ0) is 15.1. The molecule has 4 heteroatoms. The average molecular weight is 301 g/mol. The first-order chi connectivity index (χ1) is 10.2. The second kappa shape index (κ2) is 7.84. The van der Waals surface area contributed by atoms with Crippen molar-refractivity contribution < 1.29 is 0 Å². The number of benzene rings is 1. The van der Waals surface area contributed by atoms with Crippen molar-refractivity contribution in [2.75, 3.05) is 20.6 Å². The van der Waals surface area contributed by atoms with Gasteiger partial charge >= 0.3 is 0 Å². The normalized spacial score (nSPS) is 13.0. The Morgan fingerprint density at radius 3 is 2.62 bits per heavy atom. The van der Waals surface area contributed by atoms with E-state index >= 15 is 0 Å². The molecular formula is C17H23N3S. The van der Waals surface area contributed by atoms with Gasteiger partial charge in [0, 0.05) is 38.0 Å². The van der Waals surface area contributed by atoms with E-state index in [0.29, 0.717) is 5.92 Å².